The lowest BCUT2D eigenvalue weighted by Gasteiger charge is -2.36. The molecule has 0 spiro atoms. The molecule has 4 heterocycles. The number of carbonyl (C=O) groups excluding carboxylic acids is 1. The fourth-order valence-corrected chi connectivity index (χ4v) is 4.18. The molecule has 1 N–H and O–H groups in total. The van der Waals surface area contributed by atoms with Gasteiger partial charge in [0.25, 0.3) is 5.91 Å². The van der Waals surface area contributed by atoms with Crippen molar-refractivity contribution in [2.45, 2.75) is 19.1 Å². The van der Waals surface area contributed by atoms with Gasteiger partial charge in [0.05, 0.1) is 29.1 Å². The van der Waals surface area contributed by atoms with Crippen LogP contribution in [0.15, 0.2) is 59.5 Å². The molecule has 9 nitrogen and oxygen atoms in total. The molecule has 4 aromatic rings. The molecule has 1 unspecified atom stereocenters. The number of aromatic amines is 1. The van der Waals surface area contributed by atoms with Crippen LogP contribution in [0.1, 0.15) is 34.8 Å². The van der Waals surface area contributed by atoms with Crippen LogP contribution in [0.3, 0.4) is 0 Å². The summed E-state index contributed by atoms with van der Waals surface area (Å²) in [6, 6.07) is 8.17. The molecule has 3 aromatic heterocycles. The van der Waals surface area contributed by atoms with E-state index in [1.165, 1.54) is 18.3 Å². The molecule has 0 saturated carbocycles. The minimum Gasteiger partial charge on any atom is -0.337 e. The molecular weight excluding hydrogens is 475 g/mol. The number of benzene rings is 1. The summed E-state index contributed by atoms with van der Waals surface area (Å²) < 4.78 is 44.5. The van der Waals surface area contributed by atoms with E-state index >= 15 is 0 Å². The highest BCUT2D eigenvalue weighted by atomic mass is 19.4. The van der Waals surface area contributed by atoms with Crippen LogP contribution < -0.4 is 0 Å². The number of alkyl halides is 3. The Kier molecular flexibility index (Phi) is 6.27. The quantitative estimate of drug-likeness (QED) is 0.443. The first kappa shape index (κ1) is 23.7. The van der Waals surface area contributed by atoms with Crippen LogP contribution in [-0.4, -0.2) is 67.2 Å². The number of H-pyrrole nitrogens is 1. The summed E-state index contributed by atoms with van der Waals surface area (Å²) in [6.07, 6.45) is 0.379. The molecule has 1 saturated heterocycles. The van der Waals surface area contributed by atoms with Crippen LogP contribution >= 0.6 is 0 Å². The van der Waals surface area contributed by atoms with Gasteiger partial charge in [-0.3, -0.25) is 19.8 Å². The SMILES string of the molecule is CC(c1nc(-c2cccc(C(F)(F)F)c2)no1)N1CCN(C(=O)c2cn[nH]c2-c2ccncc2)CC1. The zero-order valence-corrected chi connectivity index (χ0v) is 19.2. The summed E-state index contributed by atoms with van der Waals surface area (Å²) in [5, 5.41) is 10.8. The second-order valence-electron chi connectivity index (χ2n) is 8.43. The Labute approximate surface area is 203 Å². The molecule has 186 valence electrons. The van der Waals surface area contributed by atoms with Crippen LogP contribution in [0.25, 0.3) is 22.6 Å². The van der Waals surface area contributed by atoms with E-state index in [1.807, 2.05) is 19.1 Å². The van der Waals surface area contributed by atoms with Crippen molar-refractivity contribution in [1.29, 1.82) is 0 Å². The van der Waals surface area contributed by atoms with Crippen molar-refractivity contribution < 1.29 is 22.5 Å². The van der Waals surface area contributed by atoms with E-state index in [-0.39, 0.29) is 23.3 Å². The van der Waals surface area contributed by atoms with E-state index in [2.05, 4.69) is 30.2 Å². The maximum Gasteiger partial charge on any atom is 0.416 e. The lowest BCUT2D eigenvalue weighted by atomic mass is 10.1. The Hall–Kier alpha value is -4.06. The monoisotopic (exact) mass is 497 g/mol. The first-order valence-electron chi connectivity index (χ1n) is 11.3. The number of pyridine rings is 1. The highest BCUT2D eigenvalue weighted by Crippen LogP contribution is 2.32. The van der Waals surface area contributed by atoms with E-state index < -0.39 is 11.7 Å². The maximum absolute atomic E-state index is 13.2. The molecule has 1 fully saturated rings. The van der Waals surface area contributed by atoms with Gasteiger partial charge in [-0.05, 0) is 31.2 Å². The zero-order chi connectivity index (χ0) is 25.3. The van der Waals surface area contributed by atoms with E-state index in [1.54, 1.807) is 17.3 Å². The van der Waals surface area contributed by atoms with Crippen molar-refractivity contribution in [2.75, 3.05) is 26.2 Å². The number of piperazine rings is 1. The molecule has 1 aliphatic heterocycles. The summed E-state index contributed by atoms with van der Waals surface area (Å²) in [4.78, 5) is 25.4. The highest BCUT2D eigenvalue weighted by Gasteiger charge is 2.32. The van der Waals surface area contributed by atoms with Crippen LogP contribution in [0, 0.1) is 0 Å². The Bertz CT molecular complexity index is 1350. The predicted octanol–water partition coefficient (Wildman–Crippen LogP) is 4.06. The molecule has 12 heteroatoms. The Morgan fingerprint density at radius 1 is 1.08 bits per heavy atom. The molecule has 1 amide bonds. The van der Waals surface area contributed by atoms with Gasteiger partial charge in [0.15, 0.2) is 0 Å². The molecule has 1 aromatic carbocycles. The average molecular weight is 497 g/mol. The fourth-order valence-electron chi connectivity index (χ4n) is 4.18. The predicted molar refractivity (Wildman–Crippen MR) is 122 cm³/mol. The van der Waals surface area contributed by atoms with Gasteiger partial charge in [0.2, 0.25) is 11.7 Å². The number of hydrogen-bond acceptors (Lipinski definition) is 7. The number of nitrogens with one attached hydrogen (secondary N) is 1. The third kappa shape index (κ3) is 4.71. The van der Waals surface area contributed by atoms with Crippen molar-refractivity contribution >= 4 is 5.91 Å². The minimum absolute atomic E-state index is 0.0976. The lowest BCUT2D eigenvalue weighted by molar-refractivity contribution is -0.137. The summed E-state index contributed by atoms with van der Waals surface area (Å²) >= 11 is 0. The van der Waals surface area contributed by atoms with Crippen LogP contribution in [0.4, 0.5) is 13.2 Å². The Morgan fingerprint density at radius 3 is 2.56 bits per heavy atom. The van der Waals surface area contributed by atoms with E-state index in [0.29, 0.717) is 43.3 Å². The fraction of sp³-hybridized carbons (Fsp3) is 0.292. The second kappa shape index (κ2) is 9.53. The number of rotatable bonds is 5. The largest absolute Gasteiger partial charge is 0.416 e. The molecule has 1 atom stereocenters. The molecule has 1 aliphatic rings. The third-order valence-electron chi connectivity index (χ3n) is 6.24. The number of halogens is 3. The van der Waals surface area contributed by atoms with E-state index in [4.69, 9.17) is 4.52 Å². The van der Waals surface area contributed by atoms with Crippen molar-refractivity contribution in [3.63, 3.8) is 0 Å². The van der Waals surface area contributed by atoms with Crippen molar-refractivity contribution in [3.8, 4) is 22.6 Å². The van der Waals surface area contributed by atoms with Crippen molar-refractivity contribution in [1.82, 2.24) is 35.1 Å². The van der Waals surface area contributed by atoms with Gasteiger partial charge in [-0.15, -0.1) is 0 Å². The average Bonchev–Trinajstić information content (AvgIpc) is 3.59. The maximum atomic E-state index is 13.2. The Balaban J connectivity index is 1.24. The lowest BCUT2D eigenvalue weighted by Crippen LogP contribution is -2.49. The van der Waals surface area contributed by atoms with Gasteiger partial charge in [0, 0.05) is 49.7 Å². The standard InChI is InChI=1S/C24H22F3N7O2/c1-15(22-30-21(32-36-22)17-3-2-4-18(13-17)24(25,26)27)33-9-11-34(12-10-33)23(35)19-14-29-31-20(19)16-5-7-28-8-6-16/h2-8,13-15H,9-12H2,1H3,(H,29,31). The van der Waals surface area contributed by atoms with Crippen molar-refractivity contribution in [2.24, 2.45) is 0 Å². The van der Waals surface area contributed by atoms with Crippen LogP contribution in [0.2, 0.25) is 0 Å². The topological polar surface area (TPSA) is 104 Å². The van der Waals surface area contributed by atoms with E-state index in [0.717, 1.165) is 17.7 Å². The van der Waals surface area contributed by atoms with Crippen LogP contribution in [0.5, 0.6) is 0 Å². The van der Waals surface area contributed by atoms with Gasteiger partial charge in [-0.2, -0.15) is 23.3 Å². The molecule has 5 rings (SSSR count). The smallest absolute Gasteiger partial charge is 0.337 e. The first-order valence-corrected chi connectivity index (χ1v) is 11.3. The highest BCUT2D eigenvalue weighted by molar-refractivity contribution is 5.99. The van der Waals surface area contributed by atoms with Gasteiger partial charge in [-0.1, -0.05) is 17.3 Å². The molecule has 0 radical (unpaired) electrons. The summed E-state index contributed by atoms with van der Waals surface area (Å²) in [6.45, 7) is 3.99. The number of carbonyl (C=O) groups is 1. The van der Waals surface area contributed by atoms with E-state index in [9.17, 15) is 18.0 Å². The van der Waals surface area contributed by atoms with Crippen LogP contribution in [-0.2, 0) is 6.18 Å². The number of hydrogen-bond donors (Lipinski definition) is 1. The van der Waals surface area contributed by atoms with Gasteiger partial charge in [-0.25, -0.2) is 0 Å². The number of amides is 1. The van der Waals surface area contributed by atoms with Gasteiger partial charge in [0.1, 0.15) is 0 Å². The van der Waals surface area contributed by atoms with Gasteiger partial charge >= 0.3 is 6.18 Å². The molecular formula is C24H22F3N7O2. The molecule has 36 heavy (non-hydrogen) atoms. The summed E-state index contributed by atoms with van der Waals surface area (Å²) in [5.74, 6) is 0.282. The number of aromatic nitrogens is 5. The minimum atomic E-state index is -4.46. The zero-order valence-electron chi connectivity index (χ0n) is 19.2. The summed E-state index contributed by atoms with van der Waals surface area (Å²) in [5.41, 5.74) is 1.42. The first-order chi connectivity index (χ1) is 17.3. The third-order valence-corrected chi connectivity index (χ3v) is 6.24. The second-order valence-corrected chi connectivity index (χ2v) is 8.43. The summed E-state index contributed by atoms with van der Waals surface area (Å²) in [7, 11) is 0. The van der Waals surface area contributed by atoms with Crippen molar-refractivity contribution in [3.05, 3.63) is 72.0 Å². The molecule has 0 aliphatic carbocycles. The molecule has 0 bridgehead atoms. The normalized spacial score (nSPS) is 15.7. The Morgan fingerprint density at radius 2 is 1.83 bits per heavy atom. The van der Waals surface area contributed by atoms with Gasteiger partial charge < -0.3 is 9.42 Å². The number of nitrogens with zero attached hydrogens (tertiary/aromatic N) is 6.